The lowest BCUT2D eigenvalue weighted by Crippen LogP contribution is -2.28. The smallest absolute Gasteiger partial charge is 0.305 e. The van der Waals surface area contributed by atoms with E-state index in [0.29, 0.717) is 25.4 Å². The van der Waals surface area contributed by atoms with Gasteiger partial charge in [-0.05, 0) is 64.1 Å². The molecule has 0 rings (SSSR count). The van der Waals surface area contributed by atoms with Gasteiger partial charge in [0, 0.05) is 19.4 Å². The van der Waals surface area contributed by atoms with Gasteiger partial charge in [0.25, 0.3) is 0 Å². The maximum atomic E-state index is 12.4. The fourth-order valence-corrected chi connectivity index (χ4v) is 4.29. The van der Waals surface area contributed by atoms with E-state index >= 15 is 0 Å². The van der Waals surface area contributed by atoms with Crippen molar-refractivity contribution < 1.29 is 19.4 Å². The van der Waals surface area contributed by atoms with Crippen LogP contribution in [-0.2, 0) is 14.3 Å². The van der Waals surface area contributed by atoms with E-state index < -0.39 is 0 Å². The highest BCUT2D eigenvalue weighted by Gasteiger charge is 2.13. The van der Waals surface area contributed by atoms with Gasteiger partial charge in [0.05, 0.1) is 6.61 Å². The number of rotatable bonds is 26. The Morgan fingerprint density at radius 1 is 0.788 bits per heavy atom. The van der Waals surface area contributed by atoms with Gasteiger partial charge in [-0.15, -0.1) is 0 Å². The molecule has 0 spiro atoms. The molecule has 196 valence electrons. The number of carbonyl (C=O) groups is 2. The van der Waals surface area contributed by atoms with Crippen molar-refractivity contribution in [1.82, 2.24) is 4.90 Å². The third-order valence-electron chi connectivity index (χ3n) is 6.45. The summed E-state index contributed by atoms with van der Waals surface area (Å²) in [7, 11) is 0. The standard InChI is InChI=1S/C28H55NO4/c1-3-5-7-9-10-12-19-27(18-11-8-6-4-2)26-33-28(32)20-17-23-29(21-13-15-24-30)22-14-16-25-31/h24,27,31H,3-23,25-26H2,1-2H3. The Balaban J connectivity index is 4.23. The lowest BCUT2D eigenvalue weighted by molar-refractivity contribution is -0.145. The number of aliphatic hydroxyl groups is 1. The Bertz CT molecular complexity index is 430. The van der Waals surface area contributed by atoms with E-state index in [9.17, 15) is 9.59 Å². The van der Waals surface area contributed by atoms with Crippen LogP contribution in [0.15, 0.2) is 0 Å². The summed E-state index contributed by atoms with van der Waals surface area (Å²) in [6.45, 7) is 7.92. The van der Waals surface area contributed by atoms with Crippen LogP contribution < -0.4 is 0 Å². The predicted molar refractivity (Wildman–Crippen MR) is 138 cm³/mol. The molecule has 0 aliphatic heterocycles. The molecule has 0 saturated heterocycles. The average molecular weight is 470 g/mol. The molecular formula is C28H55NO4. The van der Waals surface area contributed by atoms with Gasteiger partial charge in [-0.25, -0.2) is 0 Å². The van der Waals surface area contributed by atoms with E-state index in [1.807, 2.05) is 0 Å². The highest BCUT2D eigenvalue weighted by atomic mass is 16.5. The molecular weight excluding hydrogens is 414 g/mol. The molecule has 0 bridgehead atoms. The number of esters is 1. The second-order valence-corrected chi connectivity index (χ2v) is 9.64. The molecule has 0 aromatic heterocycles. The molecule has 0 amide bonds. The fraction of sp³-hybridized carbons (Fsp3) is 0.929. The zero-order chi connectivity index (χ0) is 24.4. The van der Waals surface area contributed by atoms with Gasteiger partial charge in [-0.3, -0.25) is 4.79 Å². The Labute approximate surface area is 205 Å². The Hall–Kier alpha value is -0.940. The minimum absolute atomic E-state index is 0.0697. The first kappa shape index (κ1) is 32.1. The summed E-state index contributed by atoms with van der Waals surface area (Å²) in [5.41, 5.74) is 0. The van der Waals surface area contributed by atoms with Crippen molar-refractivity contribution in [2.45, 2.75) is 129 Å². The van der Waals surface area contributed by atoms with Crippen molar-refractivity contribution in [2.75, 3.05) is 32.8 Å². The van der Waals surface area contributed by atoms with Crippen molar-refractivity contribution in [1.29, 1.82) is 0 Å². The summed E-state index contributed by atoms with van der Waals surface area (Å²) < 4.78 is 5.70. The minimum Gasteiger partial charge on any atom is -0.465 e. The largest absolute Gasteiger partial charge is 0.465 e. The van der Waals surface area contributed by atoms with Gasteiger partial charge < -0.3 is 19.5 Å². The number of hydrogen-bond acceptors (Lipinski definition) is 5. The Kier molecular flexibility index (Phi) is 24.9. The first-order valence-electron chi connectivity index (χ1n) is 14.1. The number of aliphatic hydroxyl groups excluding tert-OH is 1. The average Bonchev–Trinajstić information content (AvgIpc) is 2.81. The Morgan fingerprint density at radius 3 is 2.00 bits per heavy atom. The maximum absolute atomic E-state index is 12.4. The molecule has 0 aliphatic rings. The number of ether oxygens (including phenoxy) is 1. The van der Waals surface area contributed by atoms with E-state index in [1.54, 1.807) is 0 Å². The van der Waals surface area contributed by atoms with Crippen LogP contribution in [0.5, 0.6) is 0 Å². The van der Waals surface area contributed by atoms with Crippen LogP contribution in [0.2, 0.25) is 0 Å². The monoisotopic (exact) mass is 469 g/mol. The van der Waals surface area contributed by atoms with E-state index in [2.05, 4.69) is 18.7 Å². The van der Waals surface area contributed by atoms with Crippen molar-refractivity contribution in [2.24, 2.45) is 5.92 Å². The van der Waals surface area contributed by atoms with Crippen molar-refractivity contribution in [3.05, 3.63) is 0 Å². The van der Waals surface area contributed by atoms with Crippen LogP contribution >= 0.6 is 0 Å². The second kappa shape index (κ2) is 25.7. The summed E-state index contributed by atoms with van der Waals surface area (Å²) in [6.07, 6.45) is 20.7. The van der Waals surface area contributed by atoms with Crippen LogP contribution in [0.25, 0.3) is 0 Å². The topological polar surface area (TPSA) is 66.8 Å². The van der Waals surface area contributed by atoms with Gasteiger partial charge in [0.2, 0.25) is 0 Å². The SMILES string of the molecule is CCCCCCCCC(CCCCCC)COC(=O)CCCN(CCCC=O)CCCCO. The number of nitrogens with zero attached hydrogens (tertiary/aromatic N) is 1. The van der Waals surface area contributed by atoms with Crippen LogP contribution in [0.3, 0.4) is 0 Å². The van der Waals surface area contributed by atoms with Crippen molar-refractivity contribution >= 4 is 12.3 Å². The molecule has 0 radical (unpaired) electrons. The number of aldehydes is 1. The predicted octanol–water partition coefficient (Wildman–Crippen LogP) is 6.70. The first-order valence-corrected chi connectivity index (χ1v) is 14.1. The fourth-order valence-electron chi connectivity index (χ4n) is 4.29. The molecule has 0 fully saturated rings. The summed E-state index contributed by atoms with van der Waals surface area (Å²) in [6, 6.07) is 0. The van der Waals surface area contributed by atoms with Gasteiger partial charge in [0.1, 0.15) is 6.29 Å². The third-order valence-corrected chi connectivity index (χ3v) is 6.45. The maximum Gasteiger partial charge on any atom is 0.305 e. The van der Waals surface area contributed by atoms with Crippen LogP contribution in [0.4, 0.5) is 0 Å². The van der Waals surface area contributed by atoms with Crippen LogP contribution in [0, 0.1) is 5.92 Å². The summed E-state index contributed by atoms with van der Waals surface area (Å²) in [5.74, 6) is 0.440. The lowest BCUT2D eigenvalue weighted by Gasteiger charge is -2.22. The molecule has 0 aliphatic carbocycles. The third kappa shape index (κ3) is 22.6. The molecule has 5 heteroatoms. The quantitative estimate of drug-likeness (QED) is 0.0867. The van der Waals surface area contributed by atoms with Crippen molar-refractivity contribution in [3.8, 4) is 0 Å². The van der Waals surface area contributed by atoms with E-state index in [-0.39, 0.29) is 12.6 Å². The zero-order valence-electron chi connectivity index (χ0n) is 22.0. The van der Waals surface area contributed by atoms with E-state index in [4.69, 9.17) is 9.84 Å². The Morgan fingerprint density at radius 2 is 1.36 bits per heavy atom. The van der Waals surface area contributed by atoms with Crippen LogP contribution in [-0.4, -0.2) is 55.1 Å². The molecule has 33 heavy (non-hydrogen) atoms. The number of unbranched alkanes of at least 4 members (excludes halogenated alkanes) is 10. The summed E-state index contributed by atoms with van der Waals surface area (Å²) >= 11 is 0. The molecule has 5 nitrogen and oxygen atoms in total. The van der Waals surface area contributed by atoms with Gasteiger partial charge >= 0.3 is 5.97 Å². The van der Waals surface area contributed by atoms with E-state index in [1.165, 1.54) is 77.0 Å². The summed E-state index contributed by atoms with van der Waals surface area (Å²) in [5, 5.41) is 9.00. The normalized spacial score (nSPS) is 12.2. The molecule has 0 aromatic rings. The molecule has 1 unspecified atom stereocenters. The molecule has 1 N–H and O–H groups in total. The zero-order valence-corrected chi connectivity index (χ0v) is 22.0. The lowest BCUT2D eigenvalue weighted by atomic mass is 9.95. The van der Waals surface area contributed by atoms with Gasteiger partial charge in [-0.2, -0.15) is 0 Å². The number of hydrogen-bond donors (Lipinski definition) is 1. The number of carbonyl (C=O) groups excluding carboxylic acids is 2. The minimum atomic E-state index is -0.0697. The highest BCUT2D eigenvalue weighted by molar-refractivity contribution is 5.69. The van der Waals surface area contributed by atoms with Crippen LogP contribution in [0.1, 0.15) is 129 Å². The second-order valence-electron chi connectivity index (χ2n) is 9.64. The first-order chi connectivity index (χ1) is 16.2. The highest BCUT2D eigenvalue weighted by Crippen LogP contribution is 2.19. The van der Waals surface area contributed by atoms with Gasteiger partial charge in [0.15, 0.2) is 0 Å². The van der Waals surface area contributed by atoms with Crippen molar-refractivity contribution in [3.63, 3.8) is 0 Å². The van der Waals surface area contributed by atoms with Gasteiger partial charge in [-0.1, -0.05) is 78.1 Å². The molecule has 0 aromatic carbocycles. The molecule has 1 atom stereocenters. The summed E-state index contributed by atoms with van der Waals surface area (Å²) in [4.78, 5) is 25.2. The molecule has 0 heterocycles. The van der Waals surface area contributed by atoms with E-state index in [0.717, 1.165) is 51.6 Å². The molecule has 0 saturated carbocycles.